The highest BCUT2D eigenvalue weighted by molar-refractivity contribution is 7.15. The Morgan fingerprint density at radius 1 is 1.11 bits per heavy atom. The second-order valence-corrected chi connectivity index (χ2v) is 5.21. The van der Waals surface area contributed by atoms with E-state index in [0.29, 0.717) is 21.2 Å². The van der Waals surface area contributed by atoms with E-state index in [1.54, 1.807) is 35.7 Å². The zero-order valence-corrected chi connectivity index (χ0v) is 11.1. The standard InChI is InChI=1S/C13H10ClNO2S/c1-8(16)9-2-4-10(5-3-9)13(17)15-11-6-7-18-12(11)14/h2-7H,1H3,(H,15,17). The summed E-state index contributed by atoms with van der Waals surface area (Å²) in [7, 11) is 0. The minimum Gasteiger partial charge on any atom is -0.320 e. The van der Waals surface area contributed by atoms with Crippen molar-refractivity contribution >= 4 is 40.3 Å². The number of amides is 1. The fraction of sp³-hybridized carbons (Fsp3) is 0.0769. The lowest BCUT2D eigenvalue weighted by Gasteiger charge is -2.04. The number of carbonyl (C=O) groups is 2. The number of benzene rings is 1. The molecule has 0 atom stereocenters. The molecule has 2 rings (SSSR count). The normalized spacial score (nSPS) is 10.1. The Bertz CT molecular complexity index is 589. The van der Waals surface area contributed by atoms with Crippen LogP contribution in [0, 0.1) is 0 Å². The Labute approximate surface area is 113 Å². The molecule has 5 heteroatoms. The molecule has 0 spiro atoms. The van der Waals surface area contributed by atoms with Crippen LogP contribution in [0.4, 0.5) is 5.69 Å². The molecule has 3 nitrogen and oxygen atoms in total. The Morgan fingerprint density at radius 2 is 1.72 bits per heavy atom. The Kier molecular flexibility index (Phi) is 3.79. The molecule has 0 saturated heterocycles. The van der Waals surface area contributed by atoms with Gasteiger partial charge in [-0.3, -0.25) is 9.59 Å². The van der Waals surface area contributed by atoms with Crippen molar-refractivity contribution < 1.29 is 9.59 Å². The molecule has 92 valence electrons. The summed E-state index contributed by atoms with van der Waals surface area (Å²) in [5.74, 6) is -0.270. The predicted molar refractivity (Wildman–Crippen MR) is 73.7 cm³/mol. The van der Waals surface area contributed by atoms with Crippen LogP contribution in [0.1, 0.15) is 27.6 Å². The van der Waals surface area contributed by atoms with E-state index in [4.69, 9.17) is 11.6 Å². The van der Waals surface area contributed by atoms with E-state index in [1.807, 2.05) is 0 Å². The lowest BCUT2D eigenvalue weighted by molar-refractivity contribution is 0.101. The van der Waals surface area contributed by atoms with Crippen molar-refractivity contribution in [3.05, 3.63) is 51.2 Å². The lowest BCUT2D eigenvalue weighted by Crippen LogP contribution is -2.11. The van der Waals surface area contributed by atoms with Gasteiger partial charge in [-0.25, -0.2) is 0 Å². The molecular weight excluding hydrogens is 270 g/mol. The van der Waals surface area contributed by atoms with Gasteiger partial charge in [-0.15, -0.1) is 11.3 Å². The molecule has 0 saturated carbocycles. The maximum atomic E-state index is 11.9. The van der Waals surface area contributed by atoms with Gasteiger partial charge in [0.1, 0.15) is 4.34 Å². The number of hydrogen-bond donors (Lipinski definition) is 1. The summed E-state index contributed by atoms with van der Waals surface area (Å²) in [6.45, 7) is 1.49. The SMILES string of the molecule is CC(=O)c1ccc(C(=O)Nc2ccsc2Cl)cc1. The van der Waals surface area contributed by atoms with Gasteiger partial charge in [-0.05, 0) is 30.5 Å². The summed E-state index contributed by atoms with van der Waals surface area (Å²) in [6, 6.07) is 8.24. The zero-order chi connectivity index (χ0) is 13.1. The first kappa shape index (κ1) is 12.8. The van der Waals surface area contributed by atoms with Crippen molar-refractivity contribution in [2.24, 2.45) is 0 Å². The summed E-state index contributed by atoms with van der Waals surface area (Å²) in [5, 5.41) is 4.51. The molecule has 1 aromatic heterocycles. The van der Waals surface area contributed by atoms with Crippen LogP contribution >= 0.6 is 22.9 Å². The summed E-state index contributed by atoms with van der Waals surface area (Å²) in [4.78, 5) is 23.0. The minimum absolute atomic E-state index is 0.0252. The van der Waals surface area contributed by atoms with Gasteiger partial charge in [0.25, 0.3) is 5.91 Å². The van der Waals surface area contributed by atoms with Crippen LogP contribution in [0.5, 0.6) is 0 Å². The number of halogens is 1. The molecule has 0 fully saturated rings. The molecule has 2 aromatic rings. The second kappa shape index (κ2) is 5.33. The highest BCUT2D eigenvalue weighted by Gasteiger charge is 2.09. The molecule has 0 aliphatic rings. The van der Waals surface area contributed by atoms with Gasteiger partial charge in [0.2, 0.25) is 0 Å². The highest BCUT2D eigenvalue weighted by Crippen LogP contribution is 2.28. The molecule has 1 heterocycles. The Hall–Kier alpha value is -1.65. The van der Waals surface area contributed by atoms with Gasteiger partial charge < -0.3 is 5.32 Å². The molecule has 1 aromatic carbocycles. The maximum Gasteiger partial charge on any atom is 0.255 e. The zero-order valence-electron chi connectivity index (χ0n) is 9.57. The Balaban J connectivity index is 2.14. The monoisotopic (exact) mass is 279 g/mol. The van der Waals surface area contributed by atoms with E-state index in [1.165, 1.54) is 18.3 Å². The Morgan fingerprint density at radius 3 is 2.22 bits per heavy atom. The molecule has 1 N–H and O–H groups in total. The first-order chi connectivity index (χ1) is 8.58. The van der Waals surface area contributed by atoms with Crippen LogP contribution < -0.4 is 5.32 Å². The minimum atomic E-state index is -0.245. The van der Waals surface area contributed by atoms with E-state index in [-0.39, 0.29) is 11.7 Å². The number of rotatable bonds is 3. The van der Waals surface area contributed by atoms with E-state index < -0.39 is 0 Å². The van der Waals surface area contributed by atoms with Gasteiger partial charge in [0.05, 0.1) is 5.69 Å². The smallest absolute Gasteiger partial charge is 0.255 e. The number of nitrogens with one attached hydrogen (secondary N) is 1. The van der Waals surface area contributed by atoms with Crippen molar-refractivity contribution in [3.63, 3.8) is 0 Å². The van der Waals surface area contributed by atoms with E-state index in [2.05, 4.69) is 5.32 Å². The maximum absolute atomic E-state index is 11.9. The molecule has 0 unspecified atom stereocenters. The molecular formula is C13H10ClNO2S. The van der Waals surface area contributed by atoms with Crippen molar-refractivity contribution in [1.29, 1.82) is 0 Å². The van der Waals surface area contributed by atoms with Gasteiger partial charge in [0, 0.05) is 11.1 Å². The van der Waals surface area contributed by atoms with Gasteiger partial charge in [0.15, 0.2) is 5.78 Å². The average molecular weight is 280 g/mol. The number of Topliss-reactive ketones (excluding diaryl/α,β-unsaturated/α-hetero) is 1. The first-order valence-corrected chi connectivity index (χ1v) is 6.49. The predicted octanol–water partition coefficient (Wildman–Crippen LogP) is 3.86. The van der Waals surface area contributed by atoms with Crippen LogP contribution in [0.3, 0.4) is 0 Å². The number of anilines is 1. The van der Waals surface area contributed by atoms with Crippen LogP contribution in [0.15, 0.2) is 35.7 Å². The summed E-state index contributed by atoms with van der Waals surface area (Å²) >= 11 is 7.25. The first-order valence-electron chi connectivity index (χ1n) is 5.23. The van der Waals surface area contributed by atoms with Gasteiger partial charge in [-0.2, -0.15) is 0 Å². The van der Waals surface area contributed by atoms with Crippen LogP contribution in [-0.4, -0.2) is 11.7 Å². The topological polar surface area (TPSA) is 46.2 Å². The third kappa shape index (κ3) is 2.78. The van der Waals surface area contributed by atoms with E-state index >= 15 is 0 Å². The van der Waals surface area contributed by atoms with Gasteiger partial charge >= 0.3 is 0 Å². The fourth-order valence-electron chi connectivity index (χ4n) is 1.43. The largest absolute Gasteiger partial charge is 0.320 e. The quantitative estimate of drug-likeness (QED) is 0.867. The van der Waals surface area contributed by atoms with Crippen molar-refractivity contribution in [1.82, 2.24) is 0 Å². The third-order valence-corrected chi connectivity index (χ3v) is 3.59. The van der Waals surface area contributed by atoms with E-state index in [9.17, 15) is 9.59 Å². The summed E-state index contributed by atoms with van der Waals surface area (Å²) in [6.07, 6.45) is 0. The average Bonchev–Trinajstić information content (AvgIpc) is 2.75. The molecule has 0 bridgehead atoms. The van der Waals surface area contributed by atoms with Crippen molar-refractivity contribution in [2.45, 2.75) is 6.92 Å². The van der Waals surface area contributed by atoms with Crippen molar-refractivity contribution in [2.75, 3.05) is 5.32 Å². The molecule has 1 amide bonds. The van der Waals surface area contributed by atoms with Crippen molar-refractivity contribution in [3.8, 4) is 0 Å². The number of carbonyl (C=O) groups excluding carboxylic acids is 2. The lowest BCUT2D eigenvalue weighted by atomic mass is 10.1. The number of hydrogen-bond acceptors (Lipinski definition) is 3. The number of thiophene rings is 1. The fourth-order valence-corrected chi connectivity index (χ4v) is 2.27. The molecule has 18 heavy (non-hydrogen) atoms. The third-order valence-electron chi connectivity index (χ3n) is 2.42. The molecule has 0 radical (unpaired) electrons. The van der Waals surface area contributed by atoms with E-state index in [0.717, 1.165) is 0 Å². The highest BCUT2D eigenvalue weighted by atomic mass is 35.5. The second-order valence-electron chi connectivity index (χ2n) is 3.70. The molecule has 0 aliphatic carbocycles. The van der Waals surface area contributed by atoms with Crippen LogP contribution in [0.2, 0.25) is 4.34 Å². The van der Waals surface area contributed by atoms with Gasteiger partial charge in [-0.1, -0.05) is 23.7 Å². The summed E-state index contributed by atoms with van der Waals surface area (Å²) in [5.41, 5.74) is 1.67. The summed E-state index contributed by atoms with van der Waals surface area (Å²) < 4.78 is 0.545. The molecule has 0 aliphatic heterocycles. The van der Waals surface area contributed by atoms with Crippen LogP contribution in [0.25, 0.3) is 0 Å². The number of ketones is 1. The van der Waals surface area contributed by atoms with Crippen LogP contribution in [-0.2, 0) is 0 Å².